The number of hydrogen-bond acceptors (Lipinski definition) is 5. The van der Waals surface area contributed by atoms with Gasteiger partial charge in [0.25, 0.3) is 11.8 Å². The number of carbonyl (C=O) groups excluding carboxylic acids is 2. The van der Waals surface area contributed by atoms with Crippen LogP contribution in [0.4, 0.5) is 5.69 Å². The molecule has 202 valence electrons. The summed E-state index contributed by atoms with van der Waals surface area (Å²) < 4.78 is 12.2. The van der Waals surface area contributed by atoms with Crippen LogP contribution in [0, 0.1) is 0 Å². The maximum absolute atomic E-state index is 13.8. The largest absolute Gasteiger partial charge is 0.497 e. The van der Waals surface area contributed by atoms with Gasteiger partial charge in [0, 0.05) is 45.0 Å². The summed E-state index contributed by atoms with van der Waals surface area (Å²) in [5.74, 6) is 0.598. The first-order chi connectivity index (χ1) is 18.5. The molecule has 0 saturated carbocycles. The maximum Gasteiger partial charge on any atom is 0.274 e. The van der Waals surface area contributed by atoms with Crippen molar-refractivity contribution in [2.45, 2.75) is 45.1 Å². The zero-order valence-electron chi connectivity index (χ0n) is 22.7. The van der Waals surface area contributed by atoms with Gasteiger partial charge in [-0.15, -0.1) is 0 Å². The van der Waals surface area contributed by atoms with Crippen molar-refractivity contribution in [2.75, 3.05) is 38.8 Å². The number of anilines is 1. The normalized spacial score (nSPS) is 15.1. The average Bonchev–Trinajstić information content (AvgIpc) is 3.33. The Labute approximate surface area is 225 Å². The van der Waals surface area contributed by atoms with Crippen molar-refractivity contribution >= 4 is 17.5 Å². The van der Waals surface area contributed by atoms with Gasteiger partial charge in [0.05, 0.1) is 12.8 Å². The molecule has 38 heavy (non-hydrogen) atoms. The third kappa shape index (κ3) is 6.61. The highest BCUT2D eigenvalue weighted by Gasteiger charge is 2.24. The predicted octanol–water partition coefficient (Wildman–Crippen LogP) is 5.07. The second-order valence-corrected chi connectivity index (χ2v) is 9.72. The van der Waals surface area contributed by atoms with Gasteiger partial charge < -0.3 is 19.3 Å². The molecule has 0 saturated heterocycles. The lowest BCUT2D eigenvalue weighted by Crippen LogP contribution is -2.37. The zero-order chi connectivity index (χ0) is 26.9. The van der Waals surface area contributed by atoms with Gasteiger partial charge >= 0.3 is 0 Å². The van der Waals surface area contributed by atoms with E-state index in [1.807, 2.05) is 71.4 Å². The van der Waals surface area contributed by atoms with Crippen LogP contribution in [0.3, 0.4) is 0 Å². The fourth-order valence-electron chi connectivity index (χ4n) is 4.99. The molecule has 3 aromatic rings. The van der Waals surface area contributed by atoms with Crippen LogP contribution in [-0.4, -0.2) is 60.4 Å². The SMILES string of the molecule is COCC(=O)N1CCCCCCCCN(C(=O)c2cc(-c3ccc(OC)cc3)n(C)n2)Cc2ccccc21. The molecule has 2 aromatic carbocycles. The van der Waals surface area contributed by atoms with Crippen molar-refractivity contribution in [3.05, 3.63) is 65.9 Å². The van der Waals surface area contributed by atoms with Crippen molar-refractivity contribution in [3.63, 3.8) is 0 Å². The van der Waals surface area contributed by atoms with Gasteiger partial charge in [-0.25, -0.2) is 0 Å². The van der Waals surface area contributed by atoms with E-state index in [1.165, 1.54) is 7.11 Å². The van der Waals surface area contributed by atoms with E-state index in [4.69, 9.17) is 9.47 Å². The van der Waals surface area contributed by atoms with Gasteiger partial charge in [-0.2, -0.15) is 5.10 Å². The minimum atomic E-state index is -0.111. The molecular weight excluding hydrogens is 480 g/mol. The number of methoxy groups -OCH3 is 2. The lowest BCUT2D eigenvalue weighted by molar-refractivity contribution is -0.122. The number of rotatable bonds is 5. The summed E-state index contributed by atoms with van der Waals surface area (Å²) in [7, 11) is 5.03. The number of fused-ring (bicyclic) bond motifs is 1. The molecule has 0 bridgehead atoms. The number of para-hydroxylation sites is 1. The molecule has 0 fully saturated rings. The highest BCUT2D eigenvalue weighted by atomic mass is 16.5. The van der Waals surface area contributed by atoms with Gasteiger partial charge in [0.15, 0.2) is 5.69 Å². The Hall–Kier alpha value is -3.65. The molecule has 4 rings (SSSR count). The molecule has 8 nitrogen and oxygen atoms in total. The highest BCUT2D eigenvalue weighted by molar-refractivity contribution is 5.96. The number of aromatic nitrogens is 2. The molecule has 1 aliphatic rings. The Kier molecular flexibility index (Phi) is 9.54. The lowest BCUT2D eigenvalue weighted by atomic mass is 10.1. The van der Waals surface area contributed by atoms with E-state index in [2.05, 4.69) is 5.10 Å². The summed E-state index contributed by atoms with van der Waals surface area (Å²) in [5, 5.41) is 4.59. The number of amides is 2. The fourth-order valence-corrected chi connectivity index (χ4v) is 4.99. The molecule has 1 aliphatic heterocycles. The van der Waals surface area contributed by atoms with Gasteiger partial charge in [-0.05, 0) is 54.8 Å². The van der Waals surface area contributed by atoms with E-state index in [0.29, 0.717) is 25.3 Å². The summed E-state index contributed by atoms with van der Waals surface area (Å²) in [6, 6.07) is 17.4. The smallest absolute Gasteiger partial charge is 0.274 e. The summed E-state index contributed by atoms with van der Waals surface area (Å²) >= 11 is 0. The molecular formula is C30H38N4O4. The van der Waals surface area contributed by atoms with Crippen LogP contribution in [0.5, 0.6) is 5.75 Å². The molecule has 2 heterocycles. The summed E-state index contributed by atoms with van der Waals surface area (Å²) in [5.41, 5.74) is 4.01. The van der Waals surface area contributed by atoms with Crippen molar-refractivity contribution < 1.29 is 19.1 Å². The third-order valence-electron chi connectivity index (χ3n) is 7.04. The number of carbonyl (C=O) groups is 2. The Balaban J connectivity index is 1.64. The summed E-state index contributed by atoms with van der Waals surface area (Å²) in [6.07, 6.45) is 6.24. The maximum atomic E-state index is 13.8. The van der Waals surface area contributed by atoms with Crippen LogP contribution in [-0.2, 0) is 23.1 Å². The predicted molar refractivity (Wildman–Crippen MR) is 148 cm³/mol. The highest BCUT2D eigenvalue weighted by Crippen LogP contribution is 2.27. The Morgan fingerprint density at radius 1 is 0.895 bits per heavy atom. The van der Waals surface area contributed by atoms with E-state index in [0.717, 1.165) is 66.8 Å². The second-order valence-electron chi connectivity index (χ2n) is 9.72. The molecule has 2 amide bonds. The number of aryl methyl sites for hydroxylation is 1. The first-order valence-electron chi connectivity index (χ1n) is 13.4. The van der Waals surface area contributed by atoms with Crippen molar-refractivity contribution in [2.24, 2.45) is 7.05 Å². The summed E-state index contributed by atoms with van der Waals surface area (Å²) in [6.45, 7) is 1.70. The van der Waals surface area contributed by atoms with Crippen molar-refractivity contribution in [1.82, 2.24) is 14.7 Å². The first kappa shape index (κ1) is 27.4. The van der Waals surface area contributed by atoms with E-state index in [-0.39, 0.29) is 18.4 Å². The Morgan fingerprint density at radius 2 is 1.58 bits per heavy atom. The molecule has 0 N–H and O–H groups in total. The number of ether oxygens (including phenoxy) is 2. The standard InChI is InChI=1S/C30H38N4O4/c1-32-28(23-14-16-25(38-3)17-15-23)20-26(31-32)30(36)33-18-10-6-4-5-7-11-19-34(29(35)22-37-2)27-13-9-8-12-24(27)21-33/h8-9,12-17,20H,4-7,10-11,18-19,21-22H2,1-3H3. The van der Waals surface area contributed by atoms with E-state index >= 15 is 0 Å². The van der Waals surface area contributed by atoms with Gasteiger partial charge in [0.1, 0.15) is 12.4 Å². The molecule has 8 heteroatoms. The van der Waals surface area contributed by atoms with Crippen LogP contribution in [0.25, 0.3) is 11.3 Å². The van der Waals surface area contributed by atoms with E-state index in [9.17, 15) is 9.59 Å². The molecule has 0 radical (unpaired) electrons. The van der Waals surface area contributed by atoms with Gasteiger partial charge in [-0.3, -0.25) is 14.3 Å². The zero-order valence-corrected chi connectivity index (χ0v) is 22.7. The first-order valence-corrected chi connectivity index (χ1v) is 13.4. The second kappa shape index (κ2) is 13.2. The lowest BCUT2D eigenvalue weighted by Gasteiger charge is -2.28. The van der Waals surface area contributed by atoms with E-state index in [1.54, 1.807) is 11.8 Å². The molecule has 0 unspecified atom stereocenters. The van der Waals surface area contributed by atoms with Crippen molar-refractivity contribution in [3.8, 4) is 17.0 Å². The summed E-state index contributed by atoms with van der Waals surface area (Å²) in [4.78, 5) is 30.5. The molecule has 0 aliphatic carbocycles. The monoisotopic (exact) mass is 518 g/mol. The van der Waals surface area contributed by atoms with Crippen LogP contribution in [0.1, 0.15) is 54.6 Å². The molecule has 0 spiro atoms. The number of hydrogen-bond donors (Lipinski definition) is 0. The van der Waals surface area contributed by atoms with Gasteiger partial charge in [0.2, 0.25) is 0 Å². The fraction of sp³-hybridized carbons (Fsp3) is 0.433. The Bertz CT molecular complexity index is 1220. The van der Waals surface area contributed by atoms with Crippen LogP contribution in [0.15, 0.2) is 54.6 Å². The quantitative estimate of drug-likeness (QED) is 0.471. The van der Waals surface area contributed by atoms with Gasteiger partial charge in [-0.1, -0.05) is 43.9 Å². The number of benzene rings is 2. The molecule has 1 aromatic heterocycles. The van der Waals surface area contributed by atoms with Crippen molar-refractivity contribution in [1.29, 1.82) is 0 Å². The number of nitrogens with zero attached hydrogens (tertiary/aromatic N) is 4. The van der Waals surface area contributed by atoms with Crippen LogP contribution in [0.2, 0.25) is 0 Å². The Morgan fingerprint density at radius 3 is 2.29 bits per heavy atom. The van der Waals surface area contributed by atoms with Crippen LogP contribution >= 0.6 is 0 Å². The topological polar surface area (TPSA) is 76.9 Å². The van der Waals surface area contributed by atoms with E-state index < -0.39 is 0 Å². The molecule has 0 atom stereocenters. The third-order valence-corrected chi connectivity index (χ3v) is 7.04. The van der Waals surface area contributed by atoms with Crippen LogP contribution < -0.4 is 9.64 Å². The minimum absolute atomic E-state index is 0.0268. The average molecular weight is 519 g/mol. The minimum Gasteiger partial charge on any atom is -0.497 e.